The first-order chi connectivity index (χ1) is 13.4. The molecule has 0 fully saturated rings. The second kappa shape index (κ2) is 6.84. The minimum atomic E-state index is -4.76. The maximum Gasteiger partial charge on any atom is 0.573 e. The Morgan fingerprint density at radius 1 is 1.00 bits per heavy atom. The average Bonchev–Trinajstić information content (AvgIpc) is 3.30. The van der Waals surface area contributed by atoms with Crippen molar-refractivity contribution in [1.82, 2.24) is 24.5 Å². The van der Waals surface area contributed by atoms with Gasteiger partial charge in [0.1, 0.15) is 17.8 Å². The molecule has 2 aromatic heterocycles. The van der Waals surface area contributed by atoms with E-state index in [4.69, 9.17) is 0 Å². The van der Waals surface area contributed by atoms with Crippen LogP contribution in [0.2, 0.25) is 0 Å². The van der Waals surface area contributed by atoms with E-state index in [-0.39, 0.29) is 5.75 Å². The molecule has 28 heavy (non-hydrogen) atoms. The third-order valence-corrected chi connectivity index (χ3v) is 4.06. The van der Waals surface area contributed by atoms with E-state index in [1.807, 2.05) is 6.07 Å². The fourth-order valence-corrected chi connectivity index (χ4v) is 2.85. The first-order valence-electron chi connectivity index (χ1n) is 8.26. The van der Waals surface area contributed by atoms with Crippen molar-refractivity contribution in [2.45, 2.75) is 6.36 Å². The van der Waals surface area contributed by atoms with E-state index in [1.54, 1.807) is 59.0 Å². The van der Waals surface area contributed by atoms with Crippen LogP contribution in [0.1, 0.15) is 0 Å². The van der Waals surface area contributed by atoms with E-state index < -0.39 is 6.36 Å². The SMILES string of the molecule is Cn1ncnc1-c1ccn(-c2cccc(-c3ccccc3OC(F)(F)F)c2)n1. The zero-order chi connectivity index (χ0) is 19.7. The summed E-state index contributed by atoms with van der Waals surface area (Å²) in [7, 11) is 1.76. The molecule has 0 saturated heterocycles. The highest BCUT2D eigenvalue weighted by Gasteiger charge is 2.32. The van der Waals surface area contributed by atoms with Gasteiger partial charge in [0.15, 0.2) is 5.82 Å². The maximum absolute atomic E-state index is 12.7. The summed E-state index contributed by atoms with van der Waals surface area (Å²) in [5.41, 5.74) is 2.23. The highest BCUT2D eigenvalue weighted by molar-refractivity contribution is 5.72. The van der Waals surface area contributed by atoms with Crippen LogP contribution in [0.4, 0.5) is 13.2 Å². The molecule has 0 radical (unpaired) electrons. The van der Waals surface area contributed by atoms with Gasteiger partial charge >= 0.3 is 6.36 Å². The minimum Gasteiger partial charge on any atom is -0.405 e. The van der Waals surface area contributed by atoms with Gasteiger partial charge in [0.05, 0.1) is 5.69 Å². The molecule has 142 valence electrons. The predicted molar refractivity (Wildman–Crippen MR) is 95.7 cm³/mol. The Morgan fingerprint density at radius 2 is 1.82 bits per heavy atom. The molecule has 0 saturated carbocycles. The van der Waals surface area contributed by atoms with E-state index in [9.17, 15) is 13.2 Å². The van der Waals surface area contributed by atoms with Gasteiger partial charge in [-0.15, -0.1) is 13.2 Å². The number of ether oxygens (including phenoxy) is 1. The fraction of sp³-hybridized carbons (Fsp3) is 0.105. The zero-order valence-corrected chi connectivity index (χ0v) is 14.6. The van der Waals surface area contributed by atoms with Gasteiger partial charge in [0, 0.05) is 18.8 Å². The van der Waals surface area contributed by atoms with Gasteiger partial charge < -0.3 is 4.74 Å². The van der Waals surface area contributed by atoms with Crippen LogP contribution >= 0.6 is 0 Å². The molecular formula is C19H14F3N5O. The summed E-state index contributed by atoms with van der Waals surface area (Å²) in [4.78, 5) is 4.16. The monoisotopic (exact) mass is 385 g/mol. The van der Waals surface area contributed by atoms with Crippen LogP contribution in [0, 0.1) is 0 Å². The second-order valence-corrected chi connectivity index (χ2v) is 5.95. The van der Waals surface area contributed by atoms with Crippen molar-refractivity contribution in [3.8, 4) is 34.1 Å². The van der Waals surface area contributed by atoms with Crippen molar-refractivity contribution in [2.24, 2.45) is 7.05 Å². The quantitative estimate of drug-likeness (QED) is 0.527. The lowest BCUT2D eigenvalue weighted by molar-refractivity contribution is -0.274. The number of para-hydroxylation sites is 1. The smallest absolute Gasteiger partial charge is 0.405 e. The van der Waals surface area contributed by atoms with E-state index in [2.05, 4.69) is 19.9 Å². The Balaban J connectivity index is 1.70. The molecule has 4 rings (SSSR count). The van der Waals surface area contributed by atoms with Crippen LogP contribution in [-0.4, -0.2) is 30.9 Å². The number of rotatable bonds is 4. The molecule has 0 aliphatic rings. The Bertz CT molecular complexity index is 1120. The van der Waals surface area contributed by atoms with Crippen molar-refractivity contribution in [3.05, 3.63) is 67.1 Å². The molecule has 9 heteroatoms. The van der Waals surface area contributed by atoms with Crippen molar-refractivity contribution in [2.75, 3.05) is 0 Å². The molecule has 0 N–H and O–H groups in total. The summed E-state index contributed by atoms with van der Waals surface area (Å²) in [5.74, 6) is 0.353. The van der Waals surface area contributed by atoms with Crippen LogP contribution in [0.15, 0.2) is 67.1 Å². The Kier molecular flexibility index (Phi) is 4.34. The number of nitrogens with zero attached hydrogens (tertiary/aromatic N) is 5. The summed E-state index contributed by atoms with van der Waals surface area (Å²) < 4.78 is 45.5. The molecule has 0 aliphatic carbocycles. The molecule has 0 spiro atoms. The summed E-state index contributed by atoms with van der Waals surface area (Å²) in [6.45, 7) is 0. The summed E-state index contributed by atoms with van der Waals surface area (Å²) in [6.07, 6.45) is -1.57. The Labute approximate surface area is 157 Å². The van der Waals surface area contributed by atoms with Gasteiger partial charge in [-0.3, -0.25) is 0 Å². The molecule has 0 bridgehead atoms. The highest BCUT2D eigenvalue weighted by atomic mass is 19.4. The molecule has 2 heterocycles. The third-order valence-electron chi connectivity index (χ3n) is 4.06. The maximum atomic E-state index is 12.7. The number of benzene rings is 2. The van der Waals surface area contributed by atoms with Gasteiger partial charge in [0.25, 0.3) is 0 Å². The Hall–Kier alpha value is -3.62. The summed E-state index contributed by atoms with van der Waals surface area (Å²) >= 11 is 0. The largest absolute Gasteiger partial charge is 0.573 e. The highest BCUT2D eigenvalue weighted by Crippen LogP contribution is 2.34. The van der Waals surface area contributed by atoms with Crippen LogP contribution in [0.5, 0.6) is 5.75 Å². The van der Waals surface area contributed by atoms with E-state index >= 15 is 0 Å². The van der Waals surface area contributed by atoms with Gasteiger partial charge in [-0.1, -0.05) is 30.3 Å². The number of hydrogen-bond donors (Lipinski definition) is 0. The molecule has 0 amide bonds. The van der Waals surface area contributed by atoms with Crippen LogP contribution in [-0.2, 0) is 7.05 Å². The van der Waals surface area contributed by atoms with Crippen molar-refractivity contribution >= 4 is 0 Å². The van der Waals surface area contributed by atoms with E-state index in [0.717, 1.165) is 0 Å². The number of aryl methyl sites for hydroxylation is 1. The lowest BCUT2D eigenvalue weighted by Crippen LogP contribution is -2.17. The standard InChI is InChI=1S/C19H14F3N5O/c1-26-18(23-12-24-26)16-9-10-27(25-16)14-6-4-5-13(11-14)15-7-2-3-8-17(15)28-19(20,21)22/h2-12H,1H3. The number of hydrogen-bond acceptors (Lipinski definition) is 4. The number of aromatic nitrogens is 5. The predicted octanol–water partition coefficient (Wildman–Crippen LogP) is 4.23. The molecular weight excluding hydrogens is 371 g/mol. The van der Waals surface area contributed by atoms with Crippen molar-refractivity contribution in [1.29, 1.82) is 0 Å². The molecule has 2 aromatic carbocycles. The van der Waals surface area contributed by atoms with Gasteiger partial charge in [-0.05, 0) is 29.8 Å². The summed E-state index contributed by atoms with van der Waals surface area (Å²) in [6, 6.07) is 14.8. The Morgan fingerprint density at radius 3 is 2.57 bits per heavy atom. The van der Waals surface area contributed by atoms with Crippen LogP contribution in [0.3, 0.4) is 0 Å². The second-order valence-electron chi connectivity index (χ2n) is 5.95. The van der Waals surface area contributed by atoms with Crippen molar-refractivity contribution in [3.63, 3.8) is 0 Å². The lowest BCUT2D eigenvalue weighted by Gasteiger charge is -2.14. The molecule has 6 nitrogen and oxygen atoms in total. The molecule has 0 atom stereocenters. The topological polar surface area (TPSA) is 57.8 Å². The van der Waals surface area contributed by atoms with Gasteiger partial charge in [0.2, 0.25) is 0 Å². The number of halogens is 3. The summed E-state index contributed by atoms with van der Waals surface area (Å²) in [5, 5.41) is 8.50. The third kappa shape index (κ3) is 3.59. The van der Waals surface area contributed by atoms with Crippen molar-refractivity contribution < 1.29 is 17.9 Å². The fourth-order valence-electron chi connectivity index (χ4n) is 2.85. The first kappa shape index (κ1) is 17.8. The van der Waals surface area contributed by atoms with Crippen LogP contribution < -0.4 is 4.74 Å². The van der Waals surface area contributed by atoms with Crippen LogP contribution in [0.25, 0.3) is 28.3 Å². The average molecular weight is 385 g/mol. The van der Waals surface area contributed by atoms with E-state index in [1.165, 1.54) is 18.5 Å². The molecule has 0 aliphatic heterocycles. The molecule has 4 aromatic rings. The minimum absolute atomic E-state index is 0.257. The normalized spacial score (nSPS) is 11.6. The van der Waals surface area contributed by atoms with E-state index in [0.29, 0.717) is 28.3 Å². The first-order valence-corrected chi connectivity index (χ1v) is 8.26. The number of alkyl halides is 3. The zero-order valence-electron chi connectivity index (χ0n) is 14.6. The lowest BCUT2D eigenvalue weighted by atomic mass is 10.0. The molecule has 0 unspecified atom stereocenters. The van der Waals surface area contributed by atoms with Gasteiger partial charge in [-0.25, -0.2) is 14.3 Å². The van der Waals surface area contributed by atoms with Gasteiger partial charge in [-0.2, -0.15) is 10.2 Å².